The number of hydrogen-bond donors (Lipinski definition) is 1. The Labute approximate surface area is 97.8 Å². The van der Waals surface area contributed by atoms with Gasteiger partial charge >= 0.3 is 0 Å². The van der Waals surface area contributed by atoms with Gasteiger partial charge in [0.1, 0.15) is 0 Å². The minimum absolute atomic E-state index is 0. The molecule has 0 radical (unpaired) electrons. The van der Waals surface area contributed by atoms with E-state index in [-0.39, 0.29) is 12.4 Å². The molecule has 15 heavy (non-hydrogen) atoms. The quantitative estimate of drug-likeness (QED) is 0.837. The molecular weight excluding hydrogens is 206 g/mol. The van der Waals surface area contributed by atoms with Crippen LogP contribution in [-0.4, -0.2) is 6.04 Å². The first-order valence-corrected chi connectivity index (χ1v) is 5.32. The van der Waals surface area contributed by atoms with E-state index in [0.29, 0.717) is 12.0 Å². The summed E-state index contributed by atoms with van der Waals surface area (Å²) in [6.07, 6.45) is 4.58. The fourth-order valence-corrected chi connectivity index (χ4v) is 1.88. The van der Waals surface area contributed by atoms with Gasteiger partial charge in [-0.25, -0.2) is 0 Å². The van der Waals surface area contributed by atoms with Gasteiger partial charge in [0.2, 0.25) is 0 Å². The zero-order valence-electron chi connectivity index (χ0n) is 9.02. The smallest absolute Gasteiger partial charge is 0.0112 e. The van der Waals surface area contributed by atoms with E-state index in [1.54, 1.807) is 0 Å². The van der Waals surface area contributed by atoms with Crippen LogP contribution in [0.5, 0.6) is 0 Å². The Morgan fingerprint density at radius 1 is 1.40 bits per heavy atom. The maximum absolute atomic E-state index is 5.86. The molecule has 1 fully saturated rings. The van der Waals surface area contributed by atoms with E-state index in [4.69, 9.17) is 5.73 Å². The highest BCUT2D eigenvalue weighted by Crippen LogP contribution is 2.37. The van der Waals surface area contributed by atoms with Crippen LogP contribution in [-0.2, 0) is 0 Å². The molecule has 1 aromatic rings. The van der Waals surface area contributed by atoms with E-state index in [1.165, 1.54) is 17.6 Å². The highest BCUT2D eigenvalue weighted by molar-refractivity contribution is 5.85. The van der Waals surface area contributed by atoms with Crippen molar-refractivity contribution in [1.29, 1.82) is 0 Å². The van der Waals surface area contributed by atoms with Crippen LogP contribution in [0.4, 0.5) is 0 Å². The summed E-state index contributed by atoms with van der Waals surface area (Å²) in [5, 5.41) is 0. The number of halogens is 1. The van der Waals surface area contributed by atoms with Crippen molar-refractivity contribution in [3.8, 4) is 0 Å². The topological polar surface area (TPSA) is 26.0 Å². The zero-order valence-corrected chi connectivity index (χ0v) is 9.84. The SMILES string of the molecule is CCC(=Cc1ccccc1)C1CC1N.Cl. The molecule has 0 saturated heterocycles. The van der Waals surface area contributed by atoms with Crippen molar-refractivity contribution in [2.75, 3.05) is 0 Å². The molecule has 0 bridgehead atoms. The Morgan fingerprint density at radius 2 is 2.00 bits per heavy atom. The van der Waals surface area contributed by atoms with E-state index in [0.717, 1.165) is 6.42 Å². The monoisotopic (exact) mass is 223 g/mol. The lowest BCUT2D eigenvalue weighted by Crippen LogP contribution is -2.03. The maximum Gasteiger partial charge on any atom is 0.0112 e. The van der Waals surface area contributed by atoms with Crippen molar-refractivity contribution >= 4 is 18.5 Å². The normalized spacial score (nSPS) is 24.5. The van der Waals surface area contributed by atoms with Crippen LogP contribution in [0.2, 0.25) is 0 Å². The average Bonchev–Trinajstić information content (AvgIpc) is 2.93. The lowest BCUT2D eigenvalue weighted by atomic mass is 10.0. The Balaban J connectivity index is 0.00000112. The van der Waals surface area contributed by atoms with Crippen LogP contribution in [0.1, 0.15) is 25.3 Å². The summed E-state index contributed by atoms with van der Waals surface area (Å²) in [7, 11) is 0. The molecule has 1 saturated carbocycles. The van der Waals surface area contributed by atoms with Gasteiger partial charge in [0, 0.05) is 6.04 Å². The molecular formula is C13H18ClN. The molecule has 2 unspecified atom stereocenters. The van der Waals surface area contributed by atoms with E-state index in [9.17, 15) is 0 Å². The first-order chi connectivity index (χ1) is 6.81. The second-order valence-corrected chi connectivity index (χ2v) is 3.99. The van der Waals surface area contributed by atoms with Gasteiger partial charge in [0.15, 0.2) is 0 Å². The van der Waals surface area contributed by atoms with Crippen LogP contribution < -0.4 is 5.73 Å². The summed E-state index contributed by atoms with van der Waals surface area (Å²) in [4.78, 5) is 0. The van der Waals surface area contributed by atoms with Crippen LogP contribution in [0.25, 0.3) is 6.08 Å². The first kappa shape index (κ1) is 12.3. The standard InChI is InChI=1S/C13H17N.ClH/c1-2-11(12-9-13(12)14)8-10-6-4-3-5-7-10;/h3-8,12-13H,2,9,14H2,1H3;1H. The first-order valence-electron chi connectivity index (χ1n) is 5.32. The van der Waals surface area contributed by atoms with Gasteiger partial charge in [0.05, 0.1) is 0 Å². The highest BCUT2D eigenvalue weighted by Gasteiger charge is 2.35. The number of nitrogens with two attached hydrogens (primary N) is 1. The third-order valence-corrected chi connectivity index (χ3v) is 2.88. The predicted molar refractivity (Wildman–Crippen MR) is 68.0 cm³/mol. The van der Waals surface area contributed by atoms with E-state index in [2.05, 4.69) is 37.3 Å². The van der Waals surface area contributed by atoms with Gasteiger partial charge in [-0.1, -0.05) is 48.9 Å². The molecule has 1 nitrogen and oxygen atoms in total. The molecule has 0 aliphatic heterocycles. The van der Waals surface area contributed by atoms with Gasteiger partial charge in [-0.3, -0.25) is 0 Å². The Kier molecular flexibility index (Phi) is 4.37. The summed E-state index contributed by atoms with van der Waals surface area (Å²) in [5.74, 6) is 0.653. The lowest BCUT2D eigenvalue weighted by molar-refractivity contribution is 0.870. The van der Waals surface area contributed by atoms with Crippen LogP contribution in [0.15, 0.2) is 35.9 Å². The Morgan fingerprint density at radius 3 is 2.47 bits per heavy atom. The van der Waals surface area contributed by atoms with Crippen LogP contribution in [0.3, 0.4) is 0 Å². The minimum atomic E-state index is 0. The second kappa shape index (κ2) is 5.34. The van der Waals surface area contributed by atoms with Crippen molar-refractivity contribution in [1.82, 2.24) is 0 Å². The molecule has 1 aliphatic rings. The van der Waals surface area contributed by atoms with Gasteiger partial charge in [-0.2, -0.15) is 0 Å². The Bertz CT molecular complexity index is 332. The summed E-state index contributed by atoms with van der Waals surface area (Å²) < 4.78 is 0. The van der Waals surface area contributed by atoms with Crippen LogP contribution in [0, 0.1) is 5.92 Å². The molecule has 2 rings (SSSR count). The molecule has 82 valence electrons. The van der Waals surface area contributed by atoms with Gasteiger partial charge < -0.3 is 5.73 Å². The highest BCUT2D eigenvalue weighted by atomic mass is 35.5. The third kappa shape index (κ3) is 3.08. The average molecular weight is 224 g/mol. The molecule has 0 heterocycles. The van der Waals surface area contributed by atoms with E-state index in [1.807, 2.05) is 6.07 Å². The van der Waals surface area contributed by atoms with E-state index < -0.39 is 0 Å². The van der Waals surface area contributed by atoms with Crippen molar-refractivity contribution in [3.63, 3.8) is 0 Å². The molecule has 2 atom stereocenters. The van der Waals surface area contributed by atoms with Crippen molar-refractivity contribution < 1.29 is 0 Å². The van der Waals surface area contributed by atoms with Gasteiger partial charge in [-0.15, -0.1) is 12.4 Å². The summed E-state index contributed by atoms with van der Waals surface area (Å²) in [6, 6.07) is 10.9. The molecule has 0 spiro atoms. The Hall–Kier alpha value is -0.790. The fourth-order valence-electron chi connectivity index (χ4n) is 1.88. The van der Waals surface area contributed by atoms with Gasteiger partial charge in [0.25, 0.3) is 0 Å². The molecule has 0 aromatic heterocycles. The number of rotatable bonds is 3. The third-order valence-electron chi connectivity index (χ3n) is 2.88. The van der Waals surface area contributed by atoms with Gasteiger partial charge in [-0.05, 0) is 24.3 Å². The molecule has 1 aliphatic carbocycles. The summed E-state index contributed by atoms with van der Waals surface area (Å²) in [5.41, 5.74) is 8.65. The van der Waals surface area contributed by atoms with Crippen molar-refractivity contribution in [2.45, 2.75) is 25.8 Å². The summed E-state index contributed by atoms with van der Waals surface area (Å²) in [6.45, 7) is 2.21. The van der Waals surface area contributed by atoms with Crippen molar-refractivity contribution in [2.24, 2.45) is 11.7 Å². The molecule has 0 amide bonds. The predicted octanol–water partition coefficient (Wildman–Crippen LogP) is 3.25. The second-order valence-electron chi connectivity index (χ2n) is 3.99. The lowest BCUT2D eigenvalue weighted by Gasteiger charge is -2.02. The largest absolute Gasteiger partial charge is 0.327 e. The zero-order chi connectivity index (χ0) is 9.97. The molecule has 2 N–H and O–H groups in total. The van der Waals surface area contributed by atoms with Crippen molar-refractivity contribution in [3.05, 3.63) is 41.5 Å². The summed E-state index contributed by atoms with van der Waals surface area (Å²) >= 11 is 0. The minimum Gasteiger partial charge on any atom is -0.327 e. The molecule has 1 aromatic carbocycles. The van der Waals surface area contributed by atoms with Crippen LogP contribution >= 0.6 is 12.4 Å². The number of hydrogen-bond acceptors (Lipinski definition) is 1. The fraction of sp³-hybridized carbons (Fsp3) is 0.385. The van der Waals surface area contributed by atoms with E-state index >= 15 is 0 Å². The molecule has 2 heteroatoms. The maximum atomic E-state index is 5.86. The number of benzene rings is 1.